The average Bonchev–Trinajstić information content (AvgIpc) is 3.61. The number of ether oxygens (including phenoxy) is 1. The van der Waals surface area contributed by atoms with E-state index in [2.05, 4.69) is 23.2 Å². The maximum absolute atomic E-state index is 12.6. The van der Waals surface area contributed by atoms with Crippen molar-refractivity contribution in [2.75, 3.05) is 19.0 Å². The van der Waals surface area contributed by atoms with Crippen molar-refractivity contribution in [3.8, 4) is 5.75 Å². The third-order valence-electron chi connectivity index (χ3n) is 5.60. The van der Waals surface area contributed by atoms with Gasteiger partial charge in [-0.2, -0.15) is 0 Å². The SMILES string of the molecule is COc1cc([N+](=O)[O-])ccc1NC(=O)CN(Cc1ccc(C2CC2C)o1)C1CC1. The van der Waals surface area contributed by atoms with E-state index >= 15 is 0 Å². The fraction of sp³-hybridized carbons (Fsp3) is 0.476. The summed E-state index contributed by atoms with van der Waals surface area (Å²) < 4.78 is 11.2. The van der Waals surface area contributed by atoms with Crippen molar-refractivity contribution in [3.63, 3.8) is 0 Å². The van der Waals surface area contributed by atoms with Crippen LogP contribution in [0, 0.1) is 16.0 Å². The molecule has 4 rings (SSSR count). The fourth-order valence-corrected chi connectivity index (χ4v) is 3.62. The van der Waals surface area contributed by atoms with Crippen molar-refractivity contribution in [1.29, 1.82) is 0 Å². The van der Waals surface area contributed by atoms with Gasteiger partial charge in [0.2, 0.25) is 5.91 Å². The number of hydrogen-bond acceptors (Lipinski definition) is 6. The topological polar surface area (TPSA) is 97.8 Å². The van der Waals surface area contributed by atoms with E-state index in [1.807, 2.05) is 6.07 Å². The number of rotatable bonds is 9. The number of anilines is 1. The van der Waals surface area contributed by atoms with Crippen molar-refractivity contribution >= 4 is 17.3 Å². The molecule has 8 nitrogen and oxygen atoms in total. The van der Waals surface area contributed by atoms with Gasteiger partial charge < -0.3 is 14.5 Å². The van der Waals surface area contributed by atoms with Crippen LogP contribution in [0.25, 0.3) is 0 Å². The molecule has 1 heterocycles. The number of carbonyl (C=O) groups excluding carboxylic acids is 1. The van der Waals surface area contributed by atoms with Gasteiger partial charge in [0.15, 0.2) is 0 Å². The number of nitro groups is 1. The number of benzene rings is 1. The molecule has 2 aliphatic carbocycles. The summed E-state index contributed by atoms with van der Waals surface area (Å²) >= 11 is 0. The number of carbonyl (C=O) groups is 1. The van der Waals surface area contributed by atoms with Gasteiger partial charge >= 0.3 is 0 Å². The van der Waals surface area contributed by atoms with Gasteiger partial charge in [0.1, 0.15) is 17.3 Å². The number of furan rings is 1. The molecule has 1 amide bonds. The molecular formula is C21H25N3O5. The Morgan fingerprint density at radius 1 is 1.34 bits per heavy atom. The maximum atomic E-state index is 12.6. The first-order chi connectivity index (χ1) is 13.9. The lowest BCUT2D eigenvalue weighted by Crippen LogP contribution is -2.34. The highest BCUT2D eigenvalue weighted by atomic mass is 16.6. The molecule has 2 fully saturated rings. The summed E-state index contributed by atoms with van der Waals surface area (Å²) in [6.45, 7) is 3.04. The van der Waals surface area contributed by atoms with Crippen LogP contribution in [0.15, 0.2) is 34.7 Å². The molecule has 1 aromatic heterocycles. The maximum Gasteiger partial charge on any atom is 0.273 e. The highest BCUT2D eigenvalue weighted by Crippen LogP contribution is 2.47. The molecule has 2 unspecified atom stereocenters. The first kappa shape index (κ1) is 19.4. The second kappa shape index (κ2) is 7.87. The first-order valence-corrected chi connectivity index (χ1v) is 9.89. The van der Waals surface area contributed by atoms with Gasteiger partial charge in [-0.25, -0.2) is 0 Å². The van der Waals surface area contributed by atoms with Gasteiger partial charge in [-0.3, -0.25) is 19.8 Å². The van der Waals surface area contributed by atoms with Gasteiger partial charge in [0, 0.05) is 18.0 Å². The van der Waals surface area contributed by atoms with E-state index in [1.54, 1.807) is 0 Å². The predicted octanol–water partition coefficient (Wildman–Crippen LogP) is 3.92. The summed E-state index contributed by atoms with van der Waals surface area (Å²) in [5.74, 6) is 3.23. The summed E-state index contributed by atoms with van der Waals surface area (Å²) in [6.07, 6.45) is 3.32. The minimum absolute atomic E-state index is 0.0851. The number of methoxy groups -OCH3 is 1. The minimum Gasteiger partial charge on any atom is -0.494 e. The number of hydrogen-bond donors (Lipinski definition) is 1. The molecule has 0 saturated heterocycles. The molecule has 8 heteroatoms. The molecule has 1 N–H and O–H groups in total. The van der Waals surface area contributed by atoms with Crippen LogP contribution >= 0.6 is 0 Å². The summed E-state index contributed by atoms with van der Waals surface area (Å²) in [4.78, 5) is 25.2. The van der Waals surface area contributed by atoms with Crippen molar-refractivity contribution in [3.05, 3.63) is 52.0 Å². The fourth-order valence-electron chi connectivity index (χ4n) is 3.62. The average molecular weight is 399 g/mol. The Balaban J connectivity index is 1.39. The molecular weight excluding hydrogens is 374 g/mol. The lowest BCUT2D eigenvalue weighted by molar-refractivity contribution is -0.384. The van der Waals surface area contributed by atoms with Crippen LogP contribution in [0.2, 0.25) is 0 Å². The highest BCUT2D eigenvalue weighted by Gasteiger charge is 2.37. The standard InChI is InChI=1S/C21H25N3O5/c1-13-9-17(13)19-8-6-16(29-19)11-23(14-3-4-14)12-21(25)22-18-7-5-15(24(26)27)10-20(18)28-2/h5-8,10,13-14,17H,3-4,9,11-12H2,1-2H3,(H,22,25). The van der Waals surface area contributed by atoms with Crippen LogP contribution in [-0.4, -0.2) is 35.4 Å². The third kappa shape index (κ3) is 4.59. The molecule has 154 valence electrons. The molecule has 1 aromatic carbocycles. The van der Waals surface area contributed by atoms with Crippen LogP contribution in [0.5, 0.6) is 5.75 Å². The molecule has 0 bridgehead atoms. The molecule has 0 radical (unpaired) electrons. The summed E-state index contributed by atoms with van der Waals surface area (Å²) in [5, 5.41) is 13.7. The largest absolute Gasteiger partial charge is 0.494 e. The smallest absolute Gasteiger partial charge is 0.273 e. The van der Waals surface area contributed by atoms with Crippen molar-refractivity contribution in [2.45, 2.75) is 44.7 Å². The Labute approximate surface area is 169 Å². The summed E-state index contributed by atoms with van der Waals surface area (Å²) in [6, 6.07) is 8.58. The van der Waals surface area contributed by atoms with E-state index in [9.17, 15) is 14.9 Å². The zero-order valence-electron chi connectivity index (χ0n) is 16.6. The lowest BCUT2D eigenvalue weighted by atomic mass is 10.2. The molecule has 2 aromatic rings. The van der Waals surface area contributed by atoms with E-state index in [0.717, 1.165) is 24.4 Å². The van der Waals surface area contributed by atoms with Crippen LogP contribution < -0.4 is 10.1 Å². The molecule has 2 atom stereocenters. The van der Waals surface area contributed by atoms with Crippen LogP contribution in [0.1, 0.15) is 43.6 Å². The molecule has 0 spiro atoms. The van der Waals surface area contributed by atoms with Gasteiger partial charge in [-0.05, 0) is 43.4 Å². The zero-order chi connectivity index (χ0) is 20.5. The van der Waals surface area contributed by atoms with E-state index < -0.39 is 4.92 Å². The van der Waals surface area contributed by atoms with E-state index in [0.29, 0.717) is 30.1 Å². The number of amides is 1. The van der Waals surface area contributed by atoms with Gasteiger partial charge in [0.25, 0.3) is 5.69 Å². The number of nitrogens with zero attached hydrogens (tertiary/aromatic N) is 2. The summed E-state index contributed by atoms with van der Waals surface area (Å²) in [7, 11) is 1.42. The van der Waals surface area contributed by atoms with Gasteiger partial charge in [-0.15, -0.1) is 0 Å². The number of nitrogens with one attached hydrogen (secondary N) is 1. The first-order valence-electron chi connectivity index (χ1n) is 9.89. The van der Waals surface area contributed by atoms with Crippen molar-refractivity contribution in [1.82, 2.24) is 4.90 Å². The highest BCUT2D eigenvalue weighted by molar-refractivity contribution is 5.94. The predicted molar refractivity (Wildman–Crippen MR) is 107 cm³/mol. The third-order valence-corrected chi connectivity index (χ3v) is 5.60. The quantitative estimate of drug-likeness (QED) is 0.507. The van der Waals surface area contributed by atoms with Crippen LogP contribution in [-0.2, 0) is 11.3 Å². The normalized spacial score (nSPS) is 20.5. The Bertz CT molecular complexity index is 921. The molecule has 0 aliphatic heterocycles. The van der Waals surface area contributed by atoms with E-state index in [4.69, 9.17) is 9.15 Å². The second-order valence-corrected chi connectivity index (χ2v) is 7.95. The monoisotopic (exact) mass is 399 g/mol. The molecule has 29 heavy (non-hydrogen) atoms. The van der Waals surface area contributed by atoms with Crippen LogP contribution in [0.4, 0.5) is 11.4 Å². The number of nitro benzene ring substituents is 1. The Hall–Kier alpha value is -2.87. The molecule has 2 saturated carbocycles. The zero-order valence-corrected chi connectivity index (χ0v) is 16.6. The Morgan fingerprint density at radius 2 is 2.10 bits per heavy atom. The van der Waals surface area contributed by atoms with Gasteiger partial charge in [-0.1, -0.05) is 6.92 Å². The summed E-state index contributed by atoms with van der Waals surface area (Å²) in [5.41, 5.74) is 0.333. The van der Waals surface area contributed by atoms with Crippen molar-refractivity contribution in [2.24, 2.45) is 5.92 Å². The van der Waals surface area contributed by atoms with Gasteiger partial charge in [0.05, 0.1) is 36.9 Å². The second-order valence-electron chi connectivity index (χ2n) is 7.95. The van der Waals surface area contributed by atoms with Crippen molar-refractivity contribution < 1.29 is 18.9 Å². The molecule has 2 aliphatic rings. The Morgan fingerprint density at radius 3 is 2.72 bits per heavy atom. The lowest BCUT2D eigenvalue weighted by Gasteiger charge is -2.20. The van der Waals surface area contributed by atoms with E-state index in [1.165, 1.54) is 31.7 Å². The number of non-ortho nitro benzene ring substituents is 1. The minimum atomic E-state index is -0.497. The van der Waals surface area contributed by atoms with E-state index in [-0.39, 0.29) is 23.9 Å². The Kier molecular flexibility index (Phi) is 5.27. The van der Waals surface area contributed by atoms with Crippen LogP contribution in [0.3, 0.4) is 0 Å².